The molecule has 2 amide bonds. The van der Waals surface area contributed by atoms with Crippen LogP contribution in [-0.4, -0.2) is 17.4 Å². The number of carbonyl (C=O) groups excluding carboxylic acids is 2. The quantitative estimate of drug-likeness (QED) is 0.741. The zero-order valence-electron chi connectivity index (χ0n) is 15.9. The van der Waals surface area contributed by atoms with Crippen LogP contribution < -0.4 is 15.4 Å². The van der Waals surface area contributed by atoms with Crippen molar-refractivity contribution in [2.75, 3.05) is 10.6 Å². The monoisotopic (exact) mass is 388 g/mol. The van der Waals surface area contributed by atoms with Crippen molar-refractivity contribution >= 4 is 23.2 Å². The van der Waals surface area contributed by atoms with E-state index in [1.807, 2.05) is 0 Å². The van der Waals surface area contributed by atoms with Gasteiger partial charge in [0.2, 0.25) is 11.8 Å². The third-order valence-electron chi connectivity index (χ3n) is 4.33. The molecule has 0 aliphatic heterocycles. The average Bonchev–Trinajstić information content (AvgIpc) is 3.40. The van der Waals surface area contributed by atoms with E-state index in [4.69, 9.17) is 4.74 Å². The molecule has 2 aromatic rings. The van der Waals surface area contributed by atoms with Crippen molar-refractivity contribution in [2.45, 2.75) is 39.2 Å². The van der Waals surface area contributed by atoms with Crippen LogP contribution in [0.15, 0.2) is 42.5 Å². The maximum absolute atomic E-state index is 14.2. The maximum atomic E-state index is 14.2. The third kappa shape index (κ3) is 4.47. The molecule has 0 unspecified atom stereocenters. The second-order valence-corrected chi connectivity index (χ2v) is 7.86. The Morgan fingerprint density at radius 3 is 1.96 bits per heavy atom. The van der Waals surface area contributed by atoms with Gasteiger partial charge in [-0.2, -0.15) is 0 Å². The van der Waals surface area contributed by atoms with Gasteiger partial charge in [-0.05, 0) is 70.0 Å². The molecule has 2 N–H and O–H groups in total. The van der Waals surface area contributed by atoms with E-state index < -0.39 is 34.5 Å². The van der Waals surface area contributed by atoms with Crippen molar-refractivity contribution < 1.29 is 23.1 Å². The van der Waals surface area contributed by atoms with Crippen LogP contribution in [0.3, 0.4) is 0 Å². The number of ether oxygens (including phenoxy) is 1. The minimum Gasteiger partial charge on any atom is -0.485 e. The summed E-state index contributed by atoms with van der Waals surface area (Å²) in [6.07, 6.45) is 0.777. The summed E-state index contributed by atoms with van der Waals surface area (Å²) in [6, 6.07) is 9.41. The fourth-order valence-electron chi connectivity index (χ4n) is 2.71. The highest BCUT2D eigenvalue weighted by Crippen LogP contribution is 2.47. The van der Waals surface area contributed by atoms with Crippen LogP contribution in [0.1, 0.15) is 33.6 Å². The lowest BCUT2D eigenvalue weighted by molar-refractivity contribution is -0.131. The Hall–Kier alpha value is -2.96. The highest BCUT2D eigenvalue weighted by atomic mass is 19.1. The van der Waals surface area contributed by atoms with Gasteiger partial charge in [0.15, 0.2) is 11.6 Å². The van der Waals surface area contributed by atoms with Gasteiger partial charge in [-0.1, -0.05) is 0 Å². The summed E-state index contributed by atoms with van der Waals surface area (Å²) in [5.74, 6) is -1.91. The van der Waals surface area contributed by atoms with E-state index in [1.165, 1.54) is 36.4 Å². The van der Waals surface area contributed by atoms with E-state index in [2.05, 4.69) is 10.6 Å². The number of hydrogen-bond donors (Lipinski definition) is 2. The number of nitrogens with one attached hydrogen (secondary N) is 2. The van der Waals surface area contributed by atoms with Crippen molar-refractivity contribution in [1.82, 2.24) is 0 Å². The summed E-state index contributed by atoms with van der Waals surface area (Å²) in [7, 11) is 0. The molecule has 2 aromatic carbocycles. The number of anilines is 2. The predicted molar refractivity (Wildman–Crippen MR) is 102 cm³/mol. The molecule has 1 aliphatic carbocycles. The largest absolute Gasteiger partial charge is 0.485 e. The summed E-state index contributed by atoms with van der Waals surface area (Å²) in [5.41, 5.74) is -1.11. The van der Waals surface area contributed by atoms with Crippen molar-refractivity contribution in [1.29, 1.82) is 0 Å². The van der Waals surface area contributed by atoms with Crippen LogP contribution in [0, 0.1) is 17.0 Å². The number of hydrogen-bond acceptors (Lipinski definition) is 3. The number of halogens is 2. The van der Waals surface area contributed by atoms with Gasteiger partial charge in [0.05, 0.1) is 0 Å². The van der Waals surface area contributed by atoms with E-state index >= 15 is 0 Å². The molecule has 1 fully saturated rings. The van der Waals surface area contributed by atoms with Crippen LogP contribution in [-0.2, 0) is 9.59 Å². The van der Waals surface area contributed by atoms with Gasteiger partial charge in [0.1, 0.15) is 16.8 Å². The molecular weight excluding hydrogens is 366 g/mol. The molecule has 0 atom stereocenters. The van der Waals surface area contributed by atoms with Crippen molar-refractivity contribution in [2.24, 2.45) is 5.41 Å². The van der Waals surface area contributed by atoms with Crippen LogP contribution in [0.5, 0.6) is 5.75 Å². The summed E-state index contributed by atoms with van der Waals surface area (Å²) in [4.78, 5) is 25.2. The molecule has 5 nitrogen and oxygen atoms in total. The molecule has 0 heterocycles. The Labute approximate surface area is 162 Å². The lowest BCUT2D eigenvalue weighted by Crippen LogP contribution is -2.35. The summed E-state index contributed by atoms with van der Waals surface area (Å²) in [5, 5.41) is 5.22. The smallest absolute Gasteiger partial charge is 0.240 e. The van der Waals surface area contributed by atoms with E-state index in [9.17, 15) is 18.4 Å². The molecule has 0 spiro atoms. The number of rotatable bonds is 5. The molecule has 0 saturated heterocycles. The minimum absolute atomic E-state index is 0.0840. The molecule has 7 heteroatoms. The first-order valence-corrected chi connectivity index (χ1v) is 8.96. The summed E-state index contributed by atoms with van der Waals surface area (Å²) >= 11 is 0. The molecular formula is C21H22F2N2O3. The summed E-state index contributed by atoms with van der Waals surface area (Å²) < 4.78 is 32.7. The Morgan fingerprint density at radius 1 is 0.929 bits per heavy atom. The Morgan fingerprint density at radius 2 is 1.46 bits per heavy atom. The van der Waals surface area contributed by atoms with Gasteiger partial charge >= 0.3 is 0 Å². The lowest BCUT2D eigenvalue weighted by atomic mass is 10.0. The zero-order chi connectivity index (χ0) is 20.5. The van der Waals surface area contributed by atoms with Gasteiger partial charge in [0, 0.05) is 17.4 Å². The van der Waals surface area contributed by atoms with Gasteiger partial charge < -0.3 is 15.4 Å². The zero-order valence-corrected chi connectivity index (χ0v) is 15.9. The van der Waals surface area contributed by atoms with E-state index in [-0.39, 0.29) is 11.4 Å². The second-order valence-electron chi connectivity index (χ2n) is 7.86. The SMILES string of the molecule is CC(C)(C)Oc1ccc(NC(=O)C2(C(=O)Nc3ccc(F)cc3)CC2)cc1F. The van der Waals surface area contributed by atoms with Crippen LogP contribution in [0.4, 0.5) is 20.2 Å². The average molecular weight is 388 g/mol. The fourth-order valence-corrected chi connectivity index (χ4v) is 2.71. The molecule has 0 aromatic heterocycles. The minimum atomic E-state index is -1.20. The van der Waals surface area contributed by atoms with E-state index in [1.54, 1.807) is 20.8 Å². The lowest BCUT2D eigenvalue weighted by Gasteiger charge is -2.22. The second kappa shape index (κ2) is 7.22. The highest BCUT2D eigenvalue weighted by molar-refractivity contribution is 6.16. The first-order chi connectivity index (χ1) is 13.1. The first-order valence-electron chi connectivity index (χ1n) is 8.96. The van der Waals surface area contributed by atoms with Gasteiger partial charge in [-0.15, -0.1) is 0 Å². The standard InChI is InChI=1S/C21H22F2N2O3/c1-20(2,3)28-17-9-8-15(12-16(17)23)25-19(27)21(10-11-21)18(26)24-14-6-4-13(22)5-7-14/h4-9,12H,10-11H2,1-3H3,(H,24,26)(H,25,27). The molecule has 0 bridgehead atoms. The predicted octanol–water partition coefficient (Wildman–Crippen LogP) is 4.50. The van der Waals surface area contributed by atoms with Gasteiger partial charge in [-0.25, -0.2) is 8.78 Å². The first kappa shape index (κ1) is 19.8. The van der Waals surface area contributed by atoms with Crippen LogP contribution >= 0.6 is 0 Å². The molecule has 28 heavy (non-hydrogen) atoms. The van der Waals surface area contributed by atoms with Crippen molar-refractivity contribution in [3.63, 3.8) is 0 Å². The maximum Gasteiger partial charge on any atom is 0.240 e. The van der Waals surface area contributed by atoms with Crippen LogP contribution in [0.2, 0.25) is 0 Å². The fraction of sp³-hybridized carbons (Fsp3) is 0.333. The van der Waals surface area contributed by atoms with E-state index in [0.29, 0.717) is 18.5 Å². The van der Waals surface area contributed by atoms with Gasteiger partial charge in [-0.3, -0.25) is 9.59 Å². The molecule has 1 aliphatic rings. The summed E-state index contributed by atoms with van der Waals surface area (Å²) in [6.45, 7) is 5.41. The molecule has 1 saturated carbocycles. The van der Waals surface area contributed by atoms with E-state index in [0.717, 1.165) is 6.07 Å². The normalized spacial score (nSPS) is 14.9. The number of carbonyl (C=O) groups is 2. The van der Waals surface area contributed by atoms with Crippen LogP contribution in [0.25, 0.3) is 0 Å². The number of benzene rings is 2. The molecule has 0 radical (unpaired) electrons. The Bertz CT molecular complexity index is 901. The van der Waals surface area contributed by atoms with Gasteiger partial charge in [0.25, 0.3) is 0 Å². The van der Waals surface area contributed by atoms with Crippen molar-refractivity contribution in [3.8, 4) is 5.75 Å². The Kier molecular flexibility index (Phi) is 5.10. The topological polar surface area (TPSA) is 67.4 Å². The third-order valence-corrected chi connectivity index (χ3v) is 4.33. The molecule has 148 valence electrons. The highest BCUT2D eigenvalue weighted by Gasteiger charge is 2.56. The van der Waals surface area contributed by atoms with Crippen molar-refractivity contribution in [3.05, 3.63) is 54.1 Å². The Balaban J connectivity index is 1.67. The molecule has 3 rings (SSSR count). The number of amides is 2.